The van der Waals surface area contributed by atoms with Crippen molar-refractivity contribution < 1.29 is 50.1 Å². The average molecular weight is 638 g/mol. The summed E-state index contributed by atoms with van der Waals surface area (Å²) < 4.78 is 97.0. The highest BCUT2D eigenvalue weighted by atomic mass is 19.4. The van der Waals surface area contributed by atoms with Crippen molar-refractivity contribution in [2.75, 3.05) is 32.2 Å². The summed E-state index contributed by atoms with van der Waals surface area (Å²) in [6, 6.07) is 8.92. The van der Waals surface area contributed by atoms with Gasteiger partial charge in [-0.05, 0) is 66.9 Å². The molecule has 240 valence electrons. The van der Waals surface area contributed by atoms with Crippen LogP contribution >= 0.6 is 0 Å². The van der Waals surface area contributed by atoms with E-state index in [1.54, 1.807) is 30.3 Å². The van der Waals surface area contributed by atoms with Gasteiger partial charge in [-0.1, -0.05) is 6.07 Å². The Morgan fingerprint density at radius 1 is 0.956 bits per heavy atom. The van der Waals surface area contributed by atoms with Crippen molar-refractivity contribution in [3.63, 3.8) is 0 Å². The van der Waals surface area contributed by atoms with E-state index in [-0.39, 0.29) is 19.0 Å². The second-order valence-corrected chi connectivity index (χ2v) is 10.8. The highest BCUT2D eigenvalue weighted by Gasteiger charge is 2.43. The van der Waals surface area contributed by atoms with Gasteiger partial charge in [0.1, 0.15) is 17.7 Å². The van der Waals surface area contributed by atoms with E-state index in [0.29, 0.717) is 46.1 Å². The van der Waals surface area contributed by atoms with Crippen molar-refractivity contribution in [3.8, 4) is 16.9 Å². The number of hydrogen-bond acceptors (Lipinski definition) is 7. The molecule has 0 N–H and O–H groups in total. The minimum atomic E-state index is -5.06. The number of carbonyl (C=O) groups is 2. The zero-order valence-corrected chi connectivity index (χ0v) is 24.5. The number of amides is 1. The van der Waals surface area contributed by atoms with Gasteiger partial charge in [0, 0.05) is 24.2 Å². The molecule has 5 rings (SSSR count). The van der Waals surface area contributed by atoms with Crippen LogP contribution in [0.5, 0.6) is 5.75 Å². The number of nitrogens with zero attached hydrogens (tertiary/aromatic N) is 3. The molecule has 45 heavy (non-hydrogen) atoms. The first-order valence-electron chi connectivity index (χ1n) is 13.9. The monoisotopic (exact) mass is 637 g/mol. The molecule has 0 radical (unpaired) electrons. The first-order valence-corrected chi connectivity index (χ1v) is 13.9. The van der Waals surface area contributed by atoms with E-state index in [9.17, 15) is 35.9 Å². The van der Waals surface area contributed by atoms with Crippen LogP contribution in [0.25, 0.3) is 11.1 Å². The first-order chi connectivity index (χ1) is 21.2. The van der Waals surface area contributed by atoms with Gasteiger partial charge < -0.3 is 19.1 Å². The van der Waals surface area contributed by atoms with Crippen LogP contribution in [0.15, 0.2) is 48.5 Å². The number of anilines is 1. The van der Waals surface area contributed by atoms with E-state index in [1.165, 1.54) is 26.0 Å². The van der Waals surface area contributed by atoms with E-state index >= 15 is 0 Å². The zero-order valence-electron chi connectivity index (χ0n) is 24.5. The normalized spacial score (nSPS) is 18.5. The minimum absolute atomic E-state index is 0.0177. The number of cyclic esters (lactones) is 1. The third kappa shape index (κ3) is 6.64. The summed E-state index contributed by atoms with van der Waals surface area (Å²) in [5, 5.41) is 0. The van der Waals surface area contributed by atoms with Gasteiger partial charge in [0.2, 0.25) is 0 Å². The molecule has 0 bridgehead atoms. The van der Waals surface area contributed by atoms with Gasteiger partial charge in [0.15, 0.2) is 0 Å². The second-order valence-electron chi connectivity index (χ2n) is 10.8. The molecule has 2 aromatic carbocycles. The van der Waals surface area contributed by atoms with Crippen LogP contribution in [0.2, 0.25) is 0 Å². The van der Waals surface area contributed by atoms with E-state index in [4.69, 9.17) is 19.2 Å². The largest absolute Gasteiger partial charge is 0.496 e. The number of carbonyl (C=O) groups excluding carboxylic acids is 2. The molecule has 1 amide bonds. The van der Waals surface area contributed by atoms with Gasteiger partial charge in [-0.25, -0.2) is 9.78 Å². The van der Waals surface area contributed by atoms with E-state index in [2.05, 4.69) is 0 Å². The van der Waals surface area contributed by atoms with Crippen LogP contribution in [0.1, 0.15) is 47.4 Å². The summed E-state index contributed by atoms with van der Waals surface area (Å²) in [5.41, 5.74) is -1.32. The lowest BCUT2D eigenvalue weighted by Gasteiger charge is -2.33. The predicted molar refractivity (Wildman–Crippen MR) is 149 cm³/mol. The fraction of sp³-hybridized carbons (Fsp3) is 0.387. The molecular weight excluding hydrogens is 608 g/mol. The summed E-state index contributed by atoms with van der Waals surface area (Å²) in [4.78, 5) is 33.2. The number of rotatable bonds is 8. The number of methoxy groups -OCH3 is 2. The summed E-state index contributed by atoms with van der Waals surface area (Å²) >= 11 is 0. The van der Waals surface area contributed by atoms with E-state index in [0.717, 1.165) is 19.5 Å². The molecule has 2 atom stereocenters. The third-order valence-corrected chi connectivity index (χ3v) is 7.92. The number of ether oxygens (including phenoxy) is 3. The highest BCUT2D eigenvalue weighted by Crippen LogP contribution is 2.42. The van der Waals surface area contributed by atoms with Crippen molar-refractivity contribution in [2.45, 2.75) is 50.8 Å². The highest BCUT2D eigenvalue weighted by molar-refractivity contribution is 5.78. The number of alkyl halides is 6. The number of esters is 1. The molecule has 0 unspecified atom stereocenters. The van der Waals surface area contributed by atoms with Gasteiger partial charge in [0.05, 0.1) is 50.0 Å². The Hall–Kier alpha value is -4.49. The molecule has 2 saturated heterocycles. The predicted octanol–water partition coefficient (Wildman–Crippen LogP) is 6.80. The van der Waals surface area contributed by atoms with Crippen LogP contribution in [0, 0.1) is 0 Å². The molecule has 8 nitrogen and oxygen atoms in total. The summed E-state index contributed by atoms with van der Waals surface area (Å²) in [5.74, 6) is 0.622. The number of aromatic nitrogens is 1. The smallest absolute Gasteiger partial charge is 0.416 e. The number of halogens is 6. The number of benzene rings is 2. The molecular formula is C31H29F6N3O5. The maximum absolute atomic E-state index is 13.6. The van der Waals surface area contributed by atoms with Crippen LogP contribution in [-0.2, 0) is 39.6 Å². The molecule has 0 aliphatic carbocycles. The van der Waals surface area contributed by atoms with Crippen molar-refractivity contribution >= 4 is 17.9 Å². The van der Waals surface area contributed by atoms with E-state index in [1.807, 2.05) is 4.90 Å². The van der Waals surface area contributed by atoms with Crippen molar-refractivity contribution in [1.82, 2.24) is 9.88 Å². The fourth-order valence-corrected chi connectivity index (χ4v) is 5.36. The van der Waals surface area contributed by atoms with Crippen molar-refractivity contribution in [1.29, 1.82) is 0 Å². The Labute approximate surface area is 254 Å². The van der Waals surface area contributed by atoms with Crippen LogP contribution in [0.4, 0.5) is 37.0 Å². The molecule has 0 saturated carbocycles. The molecule has 3 aromatic rings. The van der Waals surface area contributed by atoms with Crippen LogP contribution in [0.3, 0.4) is 0 Å². The zero-order chi connectivity index (χ0) is 32.7. The van der Waals surface area contributed by atoms with Gasteiger partial charge in [-0.15, -0.1) is 0 Å². The Morgan fingerprint density at radius 2 is 1.62 bits per heavy atom. The lowest BCUT2D eigenvalue weighted by atomic mass is 9.96. The maximum atomic E-state index is 13.6. The first kappa shape index (κ1) is 31.9. The Morgan fingerprint density at radius 3 is 2.18 bits per heavy atom. The lowest BCUT2D eigenvalue weighted by Crippen LogP contribution is -2.38. The third-order valence-electron chi connectivity index (χ3n) is 7.92. The van der Waals surface area contributed by atoms with E-state index < -0.39 is 53.3 Å². The molecule has 3 heterocycles. The fourth-order valence-electron chi connectivity index (χ4n) is 5.36. The summed E-state index contributed by atoms with van der Waals surface area (Å²) in [6.07, 6.45) is -11.5. The molecule has 1 aromatic heterocycles. The van der Waals surface area contributed by atoms with Gasteiger partial charge in [-0.2, -0.15) is 26.3 Å². The number of pyridine rings is 1. The molecule has 14 heteroatoms. The second kappa shape index (κ2) is 12.1. The minimum Gasteiger partial charge on any atom is -0.496 e. The SMILES string of the molecule is COC(=O)Cc1ccc(OC)c(-c2ccc(N3CCC3)nc2CN2C(=O)O[C@H](c3cc(C(F)(F)F)cc(C(F)(F)F)c3)[C@@H]2C)c1. The maximum Gasteiger partial charge on any atom is 0.416 e. The van der Waals surface area contributed by atoms with Gasteiger partial charge in [0.25, 0.3) is 0 Å². The topological polar surface area (TPSA) is 81.2 Å². The van der Waals surface area contributed by atoms with Crippen LogP contribution < -0.4 is 9.64 Å². The van der Waals surface area contributed by atoms with Crippen LogP contribution in [-0.4, -0.2) is 55.3 Å². The van der Waals surface area contributed by atoms with Gasteiger partial charge >= 0.3 is 24.4 Å². The number of hydrogen-bond donors (Lipinski definition) is 0. The van der Waals surface area contributed by atoms with Gasteiger partial charge in [-0.3, -0.25) is 9.69 Å². The molecule has 2 fully saturated rings. The quantitative estimate of drug-likeness (QED) is 0.199. The summed E-state index contributed by atoms with van der Waals surface area (Å²) in [6.45, 7) is 2.85. The molecule has 2 aliphatic heterocycles. The van der Waals surface area contributed by atoms with Crippen molar-refractivity contribution in [3.05, 3.63) is 76.5 Å². The lowest BCUT2D eigenvalue weighted by molar-refractivity contribution is -0.143. The Kier molecular flexibility index (Phi) is 8.60. The Balaban J connectivity index is 1.54. The standard InChI is InChI=1S/C31H29F6N3O5/c1-17-28(19-13-20(30(32,33)34)15-21(14-19)31(35,36)37)45-29(42)40(17)16-24-22(6-8-26(38-24)39-9-4-10-39)23-11-18(12-27(41)44-3)5-7-25(23)43-2/h5-8,11,13-15,17,28H,4,9-10,12,16H2,1-3H3/t17-,28-/m0/s1. The average Bonchev–Trinajstić information content (AvgIpc) is 3.23. The summed E-state index contributed by atoms with van der Waals surface area (Å²) in [7, 11) is 2.74. The van der Waals surface area contributed by atoms with Crippen molar-refractivity contribution in [2.24, 2.45) is 0 Å². The molecule has 2 aliphatic rings. The Bertz CT molecular complexity index is 1570. The molecule has 0 spiro atoms.